The Balaban J connectivity index is 1.90. The van der Waals surface area contributed by atoms with Gasteiger partial charge in [0.25, 0.3) is 5.91 Å². The maximum absolute atomic E-state index is 13.2. The number of benzene rings is 2. The van der Waals surface area contributed by atoms with E-state index in [0.717, 1.165) is 17.0 Å². The zero-order valence-electron chi connectivity index (χ0n) is 16.8. The molecule has 2 N–H and O–H groups in total. The first-order valence-corrected chi connectivity index (χ1v) is 10.4. The summed E-state index contributed by atoms with van der Waals surface area (Å²) in [7, 11) is 1.61. The summed E-state index contributed by atoms with van der Waals surface area (Å²) < 4.78 is 5.18. The zero-order valence-corrected chi connectivity index (χ0v) is 17.6. The fraction of sp³-hybridized carbons (Fsp3) is 0.273. The van der Waals surface area contributed by atoms with Crippen LogP contribution in [0.3, 0.4) is 0 Å². The van der Waals surface area contributed by atoms with Gasteiger partial charge in [0, 0.05) is 13.1 Å². The summed E-state index contributed by atoms with van der Waals surface area (Å²) in [5, 5.41) is 19.2. The van der Waals surface area contributed by atoms with E-state index in [0.29, 0.717) is 23.2 Å². The molecule has 158 valence electrons. The number of rotatable bonds is 9. The number of thioether (sulfide) groups is 1. The lowest BCUT2D eigenvalue weighted by molar-refractivity contribution is -0.123. The molecule has 0 bridgehead atoms. The second kappa shape index (κ2) is 10.9. The van der Waals surface area contributed by atoms with Crippen molar-refractivity contribution in [2.45, 2.75) is 0 Å². The summed E-state index contributed by atoms with van der Waals surface area (Å²) in [6.45, 7) is 0.818. The fourth-order valence-electron chi connectivity index (χ4n) is 2.92. The van der Waals surface area contributed by atoms with Crippen LogP contribution in [0.2, 0.25) is 0 Å². The van der Waals surface area contributed by atoms with Crippen LogP contribution in [0.15, 0.2) is 64.5 Å². The van der Waals surface area contributed by atoms with E-state index in [9.17, 15) is 15.0 Å². The fourth-order valence-corrected chi connectivity index (χ4v) is 3.91. The molecule has 0 radical (unpaired) electrons. The highest BCUT2D eigenvalue weighted by molar-refractivity contribution is 8.18. The molecule has 1 amide bonds. The van der Waals surface area contributed by atoms with Gasteiger partial charge in [0.1, 0.15) is 5.75 Å². The zero-order chi connectivity index (χ0) is 21.3. The van der Waals surface area contributed by atoms with Crippen molar-refractivity contribution in [2.75, 3.05) is 40.1 Å². The third-order valence-electron chi connectivity index (χ3n) is 4.46. The van der Waals surface area contributed by atoms with Crippen LogP contribution in [-0.4, -0.2) is 71.2 Å². The number of para-hydroxylation sites is 1. The van der Waals surface area contributed by atoms with Gasteiger partial charge in [-0.05, 0) is 47.7 Å². The molecular weight excluding hydrogens is 402 g/mol. The quantitative estimate of drug-likeness (QED) is 0.598. The molecule has 8 heteroatoms. The van der Waals surface area contributed by atoms with Gasteiger partial charge in [0.15, 0.2) is 5.17 Å². The first-order chi connectivity index (χ1) is 14.6. The number of aliphatic imine (C=N–C) groups is 1. The number of aliphatic hydroxyl groups excluding tert-OH is 2. The van der Waals surface area contributed by atoms with Gasteiger partial charge >= 0.3 is 0 Å². The lowest BCUT2D eigenvalue weighted by Gasteiger charge is -2.26. The van der Waals surface area contributed by atoms with Gasteiger partial charge in [-0.3, -0.25) is 14.6 Å². The van der Waals surface area contributed by atoms with E-state index >= 15 is 0 Å². The molecule has 1 fully saturated rings. The molecule has 0 aromatic heterocycles. The van der Waals surface area contributed by atoms with Crippen LogP contribution >= 0.6 is 11.8 Å². The minimum Gasteiger partial charge on any atom is -0.497 e. The van der Waals surface area contributed by atoms with E-state index in [1.165, 1.54) is 11.8 Å². The van der Waals surface area contributed by atoms with E-state index in [1.54, 1.807) is 12.0 Å². The summed E-state index contributed by atoms with van der Waals surface area (Å²) >= 11 is 1.31. The number of amidine groups is 1. The Bertz CT molecular complexity index is 894. The van der Waals surface area contributed by atoms with E-state index < -0.39 is 0 Å². The van der Waals surface area contributed by atoms with Crippen molar-refractivity contribution in [2.24, 2.45) is 4.99 Å². The number of carbonyl (C=O) groups excluding carboxylic acids is 1. The van der Waals surface area contributed by atoms with Crippen molar-refractivity contribution < 1.29 is 19.7 Å². The van der Waals surface area contributed by atoms with Crippen LogP contribution in [0.4, 0.5) is 5.69 Å². The highest BCUT2D eigenvalue weighted by Crippen LogP contribution is 2.34. The molecule has 0 unspecified atom stereocenters. The van der Waals surface area contributed by atoms with Gasteiger partial charge in [-0.2, -0.15) is 0 Å². The van der Waals surface area contributed by atoms with Gasteiger partial charge in [-0.15, -0.1) is 0 Å². The van der Waals surface area contributed by atoms with Crippen molar-refractivity contribution in [3.63, 3.8) is 0 Å². The van der Waals surface area contributed by atoms with Crippen LogP contribution in [0.25, 0.3) is 6.08 Å². The lowest BCUT2D eigenvalue weighted by Crippen LogP contribution is -2.43. The summed E-state index contributed by atoms with van der Waals surface area (Å²) in [6, 6.07) is 16.9. The van der Waals surface area contributed by atoms with Crippen molar-refractivity contribution in [1.29, 1.82) is 0 Å². The third-order valence-corrected chi connectivity index (χ3v) is 5.46. The van der Waals surface area contributed by atoms with Gasteiger partial charge in [0.05, 0.1) is 37.6 Å². The minimum atomic E-state index is -0.161. The molecule has 3 rings (SSSR count). The Morgan fingerprint density at radius 3 is 2.33 bits per heavy atom. The van der Waals surface area contributed by atoms with Crippen LogP contribution in [0.5, 0.6) is 5.75 Å². The number of hydrogen-bond acceptors (Lipinski definition) is 7. The Hall–Kier alpha value is -2.65. The summed E-state index contributed by atoms with van der Waals surface area (Å²) in [5.74, 6) is 0.588. The highest BCUT2D eigenvalue weighted by atomic mass is 32.2. The Morgan fingerprint density at radius 2 is 1.73 bits per heavy atom. The molecule has 0 saturated carbocycles. The van der Waals surface area contributed by atoms with Crippen LogP contribution in [0.1, 0.15) is 5.56 Å². The highest BCUT2D eigenvalue weighted by Gasteiger charge is 2.34. The molecule has 1 heterocycles. The molecule has 1 saturated heterocycles. The number of aliphatic hydroxyl groups is 2. The second-order valence-electron chi connectivity index (χ2n) is 6.55. The number of methoxy groups -OCH3 is 1. The average Bonchev–Trinajstić information content (AvgIpc) is 3.04. The standard InChI is InChI=1S/C22H25N3O4S/c1-29-19-9-7-17(8-10-19)15-20-21(28)25(16-24(11-13-26)12-14-27)22(30-20)23-18-5-3-2-4-6-18/h2-10,15,26-27H,11-14,16H2,1H3/b20-15+,23-22?. The predicted octanol–water partition coefficient (Wildman–Crippen LogP) is 2.54. The number of carbonyl (C=O) groups is 1. The van der Waals surface area contributed by atoms with Crippen molar-refractivity contribution >= 4 is 34.6 Å². The van der Waals surface area contributed by atoms with Gasteiger partial charge < -0.3 is 14.9 Å². The van der Waals surface area contributed by atoms with E-state index in [1.807, 2.05) is 65.6 Å². The van der Waals surface area contributed by atoms with Gasteiger partial charge in [-0.25, -0.2) is 4.99 Å². The van der Waals surface area contributed by atoms with E-state index in [-0.39, 0.29) is 25.8 Å². The van der Waals surface area contributed by atoms with Crippen molar-refractivity contribution in [3.8, 4) is 5.75 Å². The molecule has 7 nitrogen and oxygen atoms in total. The third kappa shape index (κ3) is 5.70. The van der Waals surface area contributed by atoms with Crippen LogP contribution in [-0.2, 0) is 4.79 Å². The average molecular weight is 428 g/mol. The summed E-state index contributed by atoms with van der Waals surface area (Å²) in [5.41, 5.74) is 1.63. The second-order valence-corrected chi connectivity index (χ2v) is 7.56. The SMILES string of the molecule is COc1ccc(/C=C2/SC(=Nc3ccccc3)N(CN(CCO)CCO)C2=O)cc1. The molecule has 1 aliphatic rings. The summed E-state index contributed by atoms with van der Waals surface area (Å²) in [4.78, 5) is 21.8. The van der Waals surface area contributed by atoms with Crippen LogP contribution < -0.4 is 4.74 Å². The Kier molecular flexibility index (Phi) is 8.04. The van der Waals surface area contributed by atoms with Crippen molar-refractivity contribution in [3.05, 3.63) is 65.1 Å². The van der Waals surface area contributed by atoms with Crippen molar-refractivity contribution in [1.82, 2.24) is 9.80 Å². The number of hydrogen-bond donors (Lipinski definition) is 2. The van der Waals surface area contributed by atoms with Gasteiger partial charge in [0.2, 0.25) is 0 Å². The monoisotopic (exact) mass is 427 g/mol. The largest absolute Gasteiger partial charge is 0.497 e. The topological polar surface area (TPSA) is 85.6 Å². The molecule has 30 heavy (non-hydrogen) atoms. The smallest absolute Gasteiger partial charge is 0.267 e. The maximum atomic E-state index is 13.2. The first kappa shape index (κ1) is 22.0. The van der Waals surface area contributed by atoms with E-state index in [2.05, 4.69) is 4.99 Å². The molecular formula is C22H25N3O4S. The predicted molar refractivity (Wildman–Crippen MR) is 120 cm³/mol. The van der Waals surface area contributed by atoms with Crippen LogP contribution in [0, 0.1) is 0 Å². The Morgan fingerprint density at radius 1 is 1.07 bits per heavy atom. The molecule has 2 aromatic rings. The first-order valence-electron chi connectivity index (χ1n) is 9.58. The lowest BCUT2D eigenvalue weighted by atomic mass is 10.2. The Labute approximate surface area is 180 Å². The minimum absolute atomic E-state index is 0.0606. The van der Waals surface area contributed by atoms with Gasteiger partial charge in [-0.1, -0.05) is 30.3 Å². The molecule has 0 aliphatic carbocycles. The molecule has 2 aromatic carbocycles. The summed E-state index contributed by atoms with van der Waals surface area (Å²) in [6.07, 6.45) is 1.83. The molecule has 1 aliphatic heterocycles. The number of ether oxygens (including phenoxy) is 1. The number of nitrogens with zero attached hydrogens (tertiary/aromatic N) is 3. The van der Waals surface area contributed by atoms with E-state index in [4.69, 9.17) is 4.74 Å². The molecule has 0 atom stereocenters. The molecule has 0 spiro atoms. The normalized spacial score (nSPS) is 16.8. The maximum Gasteiger partial charge on any atom is 0.267 e. The number of amides is 1.